The molecular formula is C6H7NaO2. The first kappa shape index (κ1) is 11.7. The Morgan fingerprint density at radius 2 is 2.11 bits per heavy atom. The average Bonchev–Trinajstić information content (AvgIpc) is 1.67. The molecule has 0 aromatic carbocycles. The van der Waals surface area contributed by atoms with Gasteiger partial charge in [-0.15, -0.1) is 5.73 Å². The van der Waals surface area contributed by atoms with Crippen molar-refractivity contribution in [1.29, 1.82) is 0 Å². The van der Waals surface area contributed by atoms with Gasteiger partial charge in [0.15, 0.2) is 0 Å². The van der Waals surface area contributed by atoms with E-state index in [-0.39, 0.29) is 35.1 Å². The molecule has 0 radical (unpaired) electrons. The van der Waals surface area contributed by atoms with Gasteiger partial charge in [0, 0.05) is 5.57 Å². The van der Waals surface area contributed by atoms with Crippen LogP contribution < -0.4 is 34.7 Å². The second-order valence-corrected chi connectivity index (χ2v) is 1.35. The van der Waals surface area contributed by atoms with Crippen LogP contribution >= 0.6 is 0 Å². The monoisotopic (exact) mass is 134 g/mol. The summed E-state index contributed by atoms with van der Waals surface area (Å²) in [5.74, 6) is -1.16. The molecule has 0 atom stereocenters. The molecule has 0 saturated heterocycles. The summed E-state index contributed by atoms with van der Waals surface area (Å²) >= 11 is 0. The first-order valence-electron chi connectivity index (χ1n) is 2.27. The van der Waals surface area contributed by atoms with Crippen molar-refractivity contribution in [2.24, 2.45) is 0 Å². The molecule has 0 aliphatic heterocycles. The topological polar surface area (TPSA) is 40.1 Å². The first-order chi connectivity index (χ1) is 3.68. The summed E-state index contributed by atoms with van der Waals surface area (Å²) in [4.78, 5) is 9.86. The fourth-order valence-corrected chi connectivity index (χ4v) is 0.275. The molecule has 0 heterocycles. The molecule has 0 fully saturated rings. The van der Waals surface area contributed by atoms with Gasteiger partial charge in [0.1, 0.15) is 0 Å². The predicted molar refractivity (Wildman–Crippen MR) is 28.0 cm³/mol. The van der Waals surface area contributed by atoms with E-state index in [4.69, 9.17) is 0 Å². The van der Waals surface area contributed by atoms with Gasteiger partial charge in [-0.05, 0) is 19.9 Å². The van der Waals surface area contributed by atoms with Crippen LogP contribution in [0.3, 0.4) is 0 Å². The second kappa shape index (κ2) is 6.12. The number of carbonyl (C=O) groups excluding carboxylic acids is 1. The van der Waals surface area contributed by atoms with Crippen molar-refractivity contribution in [3.05, 3.63) is 17.4 Å². The number of hydrogen-bond donors (Lipinski definition) is 0. The van der Waals surface area contributed by atoms with Crippen LogP contribution in [0.4, 0.5) is 0 Å². The van der Waals surface area contributed by atoms with E-state index in [0.29, 0.717) is 0 Å². The third-order valence-electron chi connectivity index (χ3n) is 0.667. The minimum Gasteiger partial charge on any atom is -0.545 e. The maximum atomic E-state index is 9.86. The zero-order valence-electron chi connectivity index (χ0n) is 5.89. The number of hydrogen-bond acceptors (Lipinski definition) is 2. The minimum absolute atomic E-state index is 0. The maximum Gasteiger partial charge on any atom is 1.00 e. The first-order valence-corrected chi connectivity index (χ1v) is 2.27. The van der Waals surface area contributed by atoms with E-state index in [1.54, 1.807) is 6.92 Å². The van der Waals surface area contributed by atoms with Crippen molar-refractivity contribution in [2.45, 2.75) is 13.8 Å². The van der Waals surface area contributed by atoms with E-state index in [1.165, 1.54) is 13.0 Å². The Morgan fingerprint density at radius 1 is 1.67 bits per heavy atom. The Kier molecular flexibility index (Phi) is 7.98. The quantitative estimate of drug-likeness (QED) is 0.216. The minimum atomic E-state index is -1.16. The van der Waals surface area contributed by atoms with Crippen LogP contribution in [0.25, 0.3) is 0 Å². The summed E-state index contributed by atoms with van der Waals surface area (Å²) in [6, 6.07) is 0. The molecular weight excluding hydrogens is 127 g/mol. The van der Waals surface area contributed by atoms with E-state index < -0.39 is 5.97 Å². The second-order valence-electron chi connectivity index (χ2n) is 1.35. The summed E-state index contributed by atoms with van der Waals surface area (Å²) in [7, 11) is 0. The van der Waals surface area contributed by atoms with E-state index in [9.17, 15) is 9.90 Å². The molecule has 44 valence electrons. The smallest absolute Gasteiger partial charge is 0.545 e. The Bertz CT molecular complexity index is 154. The van der Waals surface area contributed by atoms with Gasteiger partial charge in [-0.25, -0.2) is 0 Å². The Labute approximate surface area is 76.6 Å². The van der Waals surface area contributed by atoms with Gasteiger partial charge in [0.25, 0.3) is 0 Å². The molecule has 0 aromatic heterocycles. The molecule has 0 N–H and O–H groups in total. The van der Waals surface area contributed by atoms with Crippen LogP contribution in [0, 0.1) is 0 Å². The van der Waals surface area contributed by atoms with Crippen molar-refractivity contribution in [3.63, 3.8) is 0 Å². The molecule has 0 spiro atoms. The molecule has 9 heavy (non-hydrogen) atoms. The number of rotatable bonds is 1. The molecule has 0 amide bonds. The summed E-state index contributed by atoms with van der Waals surface area (Å²) in [6.45, 7) is 3.14. The van der Waals surface area contributed by atoms with E-state index in [1.807, 2.05) is 0 Å². The number of carboxylic acids is 1. The summed E-state index contributed by atoms with van der Waals surface area (Å²) < 4.78 is 0. The normalized spacial score (nSPS) is 6.44. The maximum absolute atomic E-state index is 9.86. The third kappa shape index (κ3) is 5.87. The van der Waals surface area contributed by atoms with Crippen LogP contribution in [-0.4, -0.2) is 5.97 Å². The largest absolute Gasteiger partial charge is 1.00 e. The van der Waals surface area contributed by atoms with Crippen LogP contribution in [-0.2, 0) is 4.79 Å². The molecule has 0 aromatic rings. The number of carboxylic acid groups (broad SMARTS) is 1. The summed E-state index contributed by atoms with van der Waals surface area (Å²) in [6.07, 6.45) is 1.53. The molecule has 3 heteroatoms. The molecule has 0 aliphatic rings. The van der Waals surface area contributed by atoms with Crippen molar-refractivity contribution < 1.29 is 39.5 Å². The van der Waals surface area contributed by atoms with Crippen molar-refractivity contribution >= 4 is 5.97 Å². The van der Waals surface area contributed by atoms with Crippen molar-refractivity contribution in [2.75, 3.05) is 0 Å². The van der Waals surface area contributed by atoms with E-state index >= 15 is 0 Å². The third-order valence-corrected chi connectivity index (χ3v) is 0.667. The van der Waals surface area contributed by atoms with Gasteiger partial charge >= 0.3 is 29.6 Å². The summed E-state index contributed by atoms with van der Waals surface area (Å²) in [5.41, 5.74) is 2.61. The Balaban J connectivity index is 0. The zero-order valence-corrected chi connectivity index (χ0v) is 7.89. The molecule has 0 aliphatic carbocycles. The van der Waals surface area contributed by atoms with Gasteiger partial charge < -0.3 is 9.90 Å². The summed E-state index contributed by atoms with van der Waals surface area (Å²) in [5, 5.41) is 9.86. The molecule has 0 bridgehead atoms. The van der Waals surface area contributed by atoms with Crippen LogP contribution in [0.5, 0.6) is 0 Å². The van der Waals surface area contributed by atoms with E-state index in [2.05, 4.69) is 5.73 Å². The number of carbonyl (C=O) groups is 1. The van der Waals surface area contributed by atoms with Gasteiger partial charge in [-0.2, -0.15) is 0 Å². The van der Waals surface area contributed by atoms with E-state index in [0.717, 1.165) is 0 Å². The fourth-order valence-electron chi connectivity index (χ4n) is 0.275. The van der Waals surface area contributed by atoms with Gasteiger partial charge in [0.05, 0.1) is 5.97 Å². The Hall–Kier alpha value is -0.0100. The standard InChI is InChI=1S/C6H8O2.Na/c1-3-4-5(2)6(7)8;/h3H,1-2H3,(H,7,8);/q;+1/p-1. The molecule has 0 unspecified atom stereocenters. The average molecular weight is 134 g/mol. The van der Waals surface area contributed by atoms with Crippen LogP contribution in [0.2, 0.25) is 0 Å². The predicted octanol–water partition coefficient (Wildman–Crippen LogP) is -3.14. The van der Waals surface area contributed by atoms with Crippen LogP contribution in [0.15, 0.2) is 17.4 Å². The van der Waals surface area contributed by atoms with Crippen molar-refractivity contribution in [3.8, 4) is 0 Å². The zero-order chi connectivity index (χ0) is 6.57. The fraction of sp³-hybridized carbons (Fsp3) is 0.333. The van der Waals surface area contributed by atoms with Gasteiger partial charge in [-0.1, -0.05) is 0 Å². The van der Waals surface area contributed by atoms with Crippen molar-refractivity contribution in [1.82, 2.24) is 0 Å². The molecule has 0 saturated carbocycles. The van der Waals surface area contributed by atoms with Crippen LogP contribution in [0.1, 0.15) is 13.8 Å². The molecule has 2 nitrogen and oxygen atoms in total. The molecule has 0 rings (SSSR count). The van der Waals surface area contributed by atoms with Gasteiger partial charge in [0.2, 0.25) is 0 Å². The SMILES string of the molecule is CC=C=C(C)C(=O)[O-].[Na+]. The Morgan fingerprint density at radius 3 is 2.22 bits per heavy atom. The van der Waals surface area contributed by atoms with Gasteiger partial charge in [-0.3, -0.25) is 0 Å². The number of aliphatic carboxylic acids is 1.